The molecule has 0 radical (unpaired) electrons. The zero-order valence-electron chi connectivity index (χ0n) is 18.6. The van der Waals surface area contributed by atoms with Crippen LogP contribution in [0.1, 0.15) is 49.3 Å². The number of nitro benzene ring substituents is 2. The van der Waals surface area contributed by atoms with Crippen LogP contribution in [-0.4, -0.2) is 37.6 Å². The monoisotopic (exact) mass is 478 g/mol. The normalized spacial score (nSPS) is 20.3. The van der Waals surface area contributed by atoms with E-state index in [1.165, 1.54) is 29.3 Å². The molecule has 1 aliphatic heterocycles. The van der Waals surface area contributed by atoms with Crippen molar-refractivity contribution < 1.29 is 24.5 Å². The zero-order chi connectivity index (χ0) is 25.1. The first-order valence-corrected chi connectivity index (χ1v) is 11.1. The molecule has 1 fully saturated rings. The first kappa shape index (κ1) is 23.7. The summed E-state index contributed by atoms with van der Waals surface area (Å²) in [6, 6.07) is 11.6. The van der Waals surface area contributed by atoms with Crippen molar-refractivity contribution in [2.24, 2.45) is 11.0 Å². The molecule has 0 bridgehead atoms. The fraction of sp³-hybridized carbons (Fsp3) is 0.292. The summed E-state index contributed by atoms with van der Waals surface area (Å²) in [6.07, 6.45) is 3.61. The SMILES string of the molecule is O=C(O)CCC(=O)N1N=C2/C(=C\c3ccc([N+](=O)[O-])cc3)CCC[C@H]2[C@@H]1c1ccc([N+](=O)[O-])cc1. The Morgan fingerprint density at radius 2 is 1.60 bits per heavy atom. The molecule has 0 unspecified atom stereocenters. The van der Waals surface area contributed by atoms with Crippen LogP contribution in [0.4, 0.5) is 11.4 Å². The van der Waals surface area contributed by atoms with Gasteiger partial charge in [0, 0.05) is 36.6 Å². The number of non-ortho nitro benzene ring substituents is 2. The molecule has 1 N–H and O–H groups in total. The molecule has 2 aliphatic rings. The molecule has 2 aromatic rings. The predicted octanol–water partition coefficient (Wildman–Crippen LogP) is 4.49. The van der Waals surface area contributed by atoms with Crippen LogP contribution in [0.15, 0.2) is 59.2 Å². The average Bonchev–Trinajstić information content (AvgIpc) is 3.23. The van der Waals surface area contributed by atoms with Crippen molar-refractivity contribution in [3.63, 3.8) is 0 Å². The Labute approximate surface area is 199 Å². The summed E-state index contributed by atoms with van der Waals surface area (Å²) in [6.45, 7) is 0. The van der Waals surface area contributed by atoms with E-state index in [1.54, 1.807) is 24.3 Å². The maximum absolute atomic E-state index is 13.0. The molecule has 1 saturated carbocycles. The Balaban J connectivity index is 1.69. The van der Waals surface area contributed by atoms with Gasteiger partial charge in [0.2, 0.25) is 5.91 Å². The molecule has 0 aromatic heterocycles. The Morgan fingerprint density at radius 1 is 1.00 bits per heavy atom. The molecule has 1 aliphatic carbocycles. The largest absolute Gasteiger partial charge is 0.481 e. The van der Waals surface area contributed by atoms with E-state index >= 15 is 0 Å². The highest BCUT2D eigenvalue weighted by atomic mass is 16.6. The van der Waals surface area contributed by atoms with Gasteiger partial charge in [-0.15, -0.1) is 0 Å². The van der Waals surface area contributed by atoms with Gasteiger partial charge in [0.25, 0.3) is 11.4 Å². The van der Waals surface area contributed by atoms with Crippen LogP contribution in [0.5, 0.6) is 0 Å². The minimum atomic E-state index is -1.09. The summed E-state index contributed by atoms with van der Waals surface area (Å²) in [5, 5.41) is 37.0. The summed E-state index contributed by atoms with van der Waals surface area (Å²) in [5.41, 5.74) is 2.97. The molecule has 180 valence electrons. The lowest BCUT2D eigenvalue weighted by Crippen LogP contribution is -2.32. The second-order valence-corrected chi connectivity index (χ2v) is 8.43. The molecular formula is C24H22N4O7. The number of carboxylic acid groups (broad SMARTS) is 1. The lowest BCUT2D eigenvalue weighted by Gasteiger charge is -2.29. The van der Waals surface area contributed by atoms with Crippen LogP contribution in [0.3, 0.4) is 0 Å². The fourth-order valence-electron chi connectivity index (χ4n) is 4.56. The standard InChI is InChI=1S/C24H22N4O7/c29-21(12-13-22(30)31)26-24(16-6-10-19(11-7-16)28(34)35)20-3-1-2-17(23(20)25-26)14-15-4-8-18(9-5-15)27(32)33/h4-11,14,20,24H,1-3,12-13H2,(H,30,31)/b17-14-/t20-,24+/m1/s1. The second-order valence-electron chi connectivity index (χ2n) is 8.43. The molecule has 2 aromatic carbocycles. The summed E-state index contributed by atoms with van der Waals surface area (Å²) >= 11 is 0. The molecule has 1 heterocycles. The molecule has 11 heteroatoms. The predicted molar refractivity (Wildman–Crippen MR) is 125 cm³/mol. The number of benzene rings is 2. The number of amides is 1. The molecule has 0 saturated heterocycles. The van der Waals surface area contributed by atoms with Crippen LogP contribution in [0, 0.1) is 26.1 Å². The number of fused-ring (bicyclic) bond motifs is 1. The summed E-state index contributed by atoms with van der Waals surface area (Å²) < 4.78 is 0. The average molecular weight is 478 g/mol. The van der Waals surface area contributed by atoms with Gasteiger partial charge in [0.15, 0.2) is 0 Å². The van der Waals surface area contributed by atoms with Gasteiger partial charge in [-0.3, -0.25) is 29.8 Å². The van der Waals surface area contributed by atoms with Gasteiger partial charge in [-0.25, -0.2) is 5.01 Å². The van der Waals surface area contributed by atoms with Gasteiger partial charge in [-0.2, -0.15) is 5.10 Å². The van der Waals surface area contributed by atoms with Crippen LogP contribution < -0.4 is 0 Å². The van der Waals surface area contributed by atoms with Gasteiger partial charge >= 0.3 is 5.97 Å². The maximum Gasteiger partial charge on any atom is 0.303 e. The first-order valence-electron chi connectivity index (χ1n) is 11.1. The van der Waals surface area contributed by atoms with E-state index in [0.29, 0.717) is 17.7 Å². The van der Waals surface area contributed by atoms with E-state index < -0.39 is 27.8 Å². The second kappa shape index (κ2) is 9.84. The number of allylic oxidation sites excluding steroid dienone is 1. The van der Waals surface area contributed by atoms with Crippen molar-refractivity contribution in [2.75, 3.05) is 0 Å². The highest BCUT2D eigenvalue weighted by Crippen LogP contribution is 2.45. The quantitative estimate of drug-likeness (QED) is 0.454. The number of hydrogen-bond acceptors (Lipinski definition) is 7. The molecule has 11 nitrogen and oxygen atoms in total. The molecule has 0 spiro atoms. The Morgan fingerprint density at radius 3 is 2.17 bits per heavy atom. The zero-order valence-corrected chi connectivity index (χ0v) is 18.6. The summed E-state index contributed by atoms with van der Waals surface area (Å²) in [4.78, 5) is 45.0. The van der Waals surface area contributed by atoms with Crippen LogP contribution >= 0.6 is 0 Å². The lowest BCUT2D eigenvalue weighted by molar-refractivity contribution is -0.385. The third-order valence-electron chi connectivity index (χ3n) is 6.20. The Bertz CT molecular complexity index is 1240. The highest BCUT2D eigenvalue weighted by molar-refractivity contribution is 6.08. The van der Waals surface area contributed by atoms with Crippen LogP contribution in [0.25, 0.3) is 6.08 Å². The van der Waals surface area contributed by atoms with E-state index in [-0.39, 0.29) is 30.1 Å². The molecular weight excluding hydrogens is 456 g/mol. The Kier molecular flexibility index (Phi) is 6.67. The van der Waals surface area contributed by atoms with Crippen molar-refractivity contribution in [2.45, 2.75) is 38.1 Å². The van der Waals surface area contributed by atoms with Crippen molar-refractivity contribution >= 4 is 35.0 Å². The topological polar surface area (TPSA) is 156 Å². The maximum atomic E-state index is 13.0. The van der Waals surface area contributed by atoms with E-state index in [9.17, 15) is 29.8 Å². The van der Waals surface area contributed by atoms with Crippen LogP contribution in [0.2, 0.25) is 0 Å². The molecule has 1 amide bonds. The Hall–Kier alpha value is -4.41. The number of carboxylic acids is 1. The third kappa shape index (κ3) is 5.08. The number of carbonyl (C=O) groups excluding carboxylic acids is 1. The molecule has 4 rings (SSSR count). The van der Waals surface area contributed by atoms with Gasteiger partial charge in [-0.1, -0.05) is 12.1 Å². The van der Waals surface area contributed by atoms with Crippen molar-refractivity contribution in [1.29, 1.82) is 0 Å². The minimum absolute atomic E-state index is 0.0136. The van der Waals surface area contributed by atoms with E-state index in [0.717, 1.165) is 24.0 Å². The van der Waals surface area contributed by atoms with Gasteiger partial charge in [0.05, 0.1) is 28.0 Å². The third-order valence-corrected chi connectivity index (χ3v) is 6.20. The fourth-order valence-corrected chi connectivity index (χ4v) is 4.56. The van der Waals surface area contributed by atoms with E-state index in [2.05, 4.69) is 5.10 Å². The summed E-state index contributed by atoms with van der Waals surface area (Å²) in [7, 11) is 0. The highest BCUT2D eigenvalue weighted by Gasteiger charge is 2.43. The minimum Gasteiger partial charge on any atom is -0.481 e. The van der Waals surface area contributed by atoms with Gasteiger partial charge in [0.1, 0.15) is 0 Å². The van der Waals surface area contributed by atoms with Crippen molar-refractivity contribution in [3.8, 4) is 0 Å². The number of hydrogen-bond donors (Lipinski definition) is 1. The first-order chi connectivity index (χ1) is 16.7. The number of hydrazone groups is 1. The number of aliphatic carboxylic acids is 1. The number of carbonyl (C=O) groups is 2. The number of nitro groups is 2. The lowest BCUT2D eigenvalue weighted by atomic mass is 9.77. The van der Waals surface area contributed by atoms with E-state index in [4.69, 9.17) is 5.11 Å². The van der Waals surface area contributed by atoms with Gasteiger partial charge in [-0.05, 0) is 54.2 Å². The van der Waals surface area contributed by atoms with Crippen LogP contribution in [-0.2, 0) is 9.59 Å². The molecule has 35 heavy (non-hydrogen) atoms. The van der Waals surface area contributed by atoms with Crippen molar-refractivity contribution in [1.82, 2.24) is 5.01 Å². The molecule has 2 atom stereocenters. The van der Waals surface area contributed by atoms with E-state index in [1.807, 2.05) is 6.08 Å². The van der Waals surface area contributed by atoms with Crippen molar-refractivity contribution in [3.05, 3.63) is 85.5 Å². The smallest absolute Gasteiger partial charge is 0.303 e. The number of rotatable bonds is 7. The summed E-state index contributed by atoms with van der Waals surface area (Å²) in [5.74, 6) is -1.69. The number of nitrogens with zero attached hydrogens (tertiary/aromatic N) is 4. The van der Waals surface area contributed by atoms with Gasteiger partial charge < -0.3 is 5.11 Å².